The average molecular weight is 412 g/mol. The average Bonchev–Trinajstić information content (AvgIpc) is 3.05. The van der Waals surface area contributed by atoms with E-state index >= 15 is 0 Å². The van der Waals surface area contributed by atoms with E-state index in [4.69, 9.17) is 9.47 Å². The summed E-state index contributed by atoms with van der Waals surface area (Å²) >= 11 is 0. The van der Waals surface area contributed by atoms with Gasteiger partial charge >= 0.3 is 5.97 Å². The predicted octanol–water partition coefficient (Wildman–Crippen LogP) is -0.111. The number of benzene rings is 1. The van der Waals surface area contributed by atoms with Crippen LogP contribution in [0.4, 0.5) is 0 Å². The molecule has 2 saturated heterocycles. The fraction of sp³-hybridized carbons (Fsp3) is 0.556. The van der Waals surface area contributed by atoms with E-state index in [0.717, 1.165) is 0 Å². The van der Waals surface area contributed by atoms with Crippen LogP contribution in [-0.2, 0) is 19.4 Å². The Balaban J connectivity index is 1.46. The van der Waals surface area contributed by atoms with E-state index in [1.54, 1.807) is 4.90 Å². The van der Waals surface area contributed by atoms with Crippen molar-refractivity contribution in [3.05, 3.63) is 23.8 Å². The van der Waals surface area contributed by atoms with Gasteiger partial charge in [-0.2, -0.15) is 0 Å². The lowest BCUT2D eigenvalue weighted by molar-refractivity contribution is -0.136. The molecule has 9 nitrogen and oxygen atoms in total. The first-order valence-electron chi connectivity index (χ1n) is 9.05. The Labute approximate surface area is 163 Å². The van der Waals surface area contributed by atoms with E-state index in [1.165, 1.54) is 25.3 Å². The molecule has 2 aliphatic heterocycles. The number of carbonyl (C=O) groups excluding carboxylic acids is 2. The van der Waals surface area contributed by atoms with Crippen LogP contribution in [0.15, 0.2) is 18.2 Å². The van der Waals surface area contributed by atoms with E-state index in [1.807, 2.05) is 0 Å². The van der Waals surface area contributed by atoms with Gasteiger partial charge in [0.1, 0.15) is 17.1 Å². The zero-order valence-electron chi connectivity index (χ0n) is 15.7. The smallest absolute Gasteiger partial charge is 0.342 e. The molecular formula is C18H24N2O7S. The molecule has 10 heteroatoms. The van der Waals surface area contributed by atoms with Crippen LogP contribution in [0.5, 0.6) is 11.5 Å². The van der Waals surface area contributed by atoms with Crippen molar-refractivity contribution < 1.29 is 32.6 Å². The highest BCUT2D eigenvalue weighted by molar-refractivity contribution is 7.91. The minimum absolute atomic E-state index is 0.0260. The number of carbonyl (C=O) groups is 2. The molecule has 1 aromatic rings. The van der Waals surface area contributed by atoms with Gasteiger partial charge in [-0.1, -0.05) is 0 Å². The van der Waals surface area contributed by atoms with Gasteiger partial charge in [0.2, 0.25) is 0 Å². The molecule has 1 N–H and O–H groups in total. The third-order valence-corrected chi connectivity index (χ3v) is 6.89. The number of sulfone groups is 1. The quantitative estimate of drug-likeness (QED) is 0.667. The number of phenols is 1. The summed E-state index contributed by atoms with van der Waals surface area (Å²) < 4.78 is 33.2. The molecular weight excluding hydrogens is 388 g/mol. The van der Waals surface area contributed by atoms with E-state index < -0.39 is 22.4 Å². The molecule has 2 aliphatic rings. The molecule has 3 rings (SSSR count). The van der Waals surface area contributed by atoms with Crippen LogP contribution >= 0.6 is 0 Å². The van der Waals surface area contributed by atoms with Crippen LogP contribution in [0.2, 0.25) is 0 Å². The standard InChI is InChI=1S/C18H24N2O7S/c1-26-14-2-3-15(16(21)10-14)18(23)27-11-17(22)20-7-5-19(6-8-20)13-4-9-28(24,25)12-13/h2-3,10,13,21H,4-9,11-12H2,1H3. The van der Waals surface area contributed by atoms with Crippen LogP contribution in [0.1, 0.15) is 16.8 Å². The van der Waals surface area contributed by atoms with Gasteiger partial charge in [-0.05, 0) is 18.6 Å². The summed E-state index contributed by atoms with van der Waals surface area (Å²) in [5, 5.41) is 9.85. The van der Waals surface area contributed by atoms with Gasteiger partial charge in [0.25, 0.3) is 5.91 Å². The van der Waals surface area contributed by atoms with Gasteiger partial charge < -0.3 is 19.5 Å². The number of phenolic OH excluding ortho intramolecular Hbond substituents is 1. The summed E-state index contributed by atoms with van der Waals surface area (Å²) in [7, 11) is -1.49. The molecule has 0 bridgehead atoms. The third-order valence-electron chi connectivity index (χ3n) is 5.14. The molecule has 1 unspecified atom stereocenters. The van der Waals surface area contributed by atoms with Gasteiger partial charge in [-0.3, -0.25) is 9.69 Å². The lowest BCUT2D eigenvalue weighted by Crippen LogP contribution is -2.53. The number of ether oxygens (including phenoxy) is 2. The minimum Gasteiger partial charge on any atom is -0.507 e. The van der Waals surface area contributed by atoms with E-state index in [2.05, 4.69) is 4.90 Å². The summed E-state index contributed by atoms with van der Waals surface area (Å²) in [6, 6.07) is 4.20. The molecule has 1 atom stereocenters. The van der Waals surface area contributed by atoms with Crippen LogP contribution in [0, 0.1) is 0 Å². The molecule has 28 heavy (non-hydrogen) atoms. The SMILES string of the molecule is COc1ccc(C(=O)OCC(=O)N2CCN(C3CCS(=O)(=O)C3)CC2)c(O)c1. The van der Waals surface area contributed by atoms with Crippen molar-refractivity contribution in [2.75, 3.05) is 51.4 Å². The molecule has 0 spiro atoms. The van der Waals surface area contributed by atoms with Crippen molar-refractivity contribution >= 4 is 21.7 Å². The molecule has 0 aliphatic carbocycles. The Morgan fingerprint density at radius 1 is 1.21 bits per heavy atom. The molecule has 1 aromatic carbocycles. The number of amides is 1. The van der Waals surface area contributed by atoms with Crippen molar-refractivity contribution in [3.63, 3.8) is 0 Å². The second kappa shape index (κ2) is 8.36. The van der Waals surface area contributed by atoms with Crippen molar-refractivity contribution in [3.8, 4) is 11.5 Å². The lowest BCUT2D eigenvalue weighted by atomic mass is 10.2. The van der Waals surface area contributed by atoms with Gasteiger partial charge in [0.05, 0.1) is 18.6 Å². The first kappa shape index (κ1) is 20.4. The summed E-state index contributed by atoms with van der Waals surface area (Å²) in [5.74, 6) is -0.576. The fourth-order valence-corrected chi connectivity index (χ4v) is 5.27. The summed E-state index contributed by atoms with van der Waals surface area (Å²) in [6.07, 6.45) is 0.638. The second-order valence-corrected chi connectivity index (χ2v) is 9.16. The van der Waals surface area contributed by atoms with Crippen molar-refractivity contribution in [1.29, 1.82) is 0 Å². The van der Waals surface area contributed by atoms with E-state index in [9.17, 15) is 23.1 Å². The Morgan fingerprint density at radius 3 is 2.50 bits per heavy atom. The predicted molar refractivity (Wildman–Crippen MR) is 100 cm³/mol. The molecule has 0 saturated carbocycles. The summed E-state index contributed by atoms with van der Waals surface area (Å²) in [4.78, 5) is 28.1. The van der Waals surface area contributed by atoms with Crippen LogP contribution in [-0.4, -0.2) is 92.6 Å². The maximum absolute atomic E-state index is 12.3. The van der Waals surface area contributed by atoms with Crippen molar-refractivity contribution in [2.24, 2.45) is 0 Å². The number of hydrogen-bond acceptors (Lipinski definition) is 8. The number of hydrogen-bond donors (Lipinski definition) is 1. The highest BCUT2D eigenvalue weighted by Gasteiger charge is 2.34. The monoisotopic (exact) mass is 412 g/mol. The minimum atomic E-state index is -2.94. The normalized spacial score (nSPS) is 22.0. The largest absolute Gasteiger partial charge is 0.507 e. The number of rotatable bonds is 5. The highest BCUT2D eigenvalue weighted by Crippen LogP contribution is 2.24. The first-order valence-corrected chi connectivity index (χ1v) is 10.9. The molecule has 1 amide bonds. The third kappa shape index (κ3) is 4.74. The van der Waals surface area contributed by atoms with Gasteiger partial charge in [-0.25, -0.2) is 13.2 Å². The zero-order valence-corrected chi connectivity index (χ0v) is 16.5. The molecule has 0 radical (unpaired) electrons. The molecule has 0 aromatic heterocycles. The van der Waals surface area contributed by atoms with Crippen LogP contribution < -0.4 is 4.74 Å². The lowest BCUT2D eigenvalue weighted by Gasteiger charge is -2.37. The topological polar surface area (TPSA) is 113 Å². The van der Waals surface area contributed by atoms with Gasteiger partial charge in [0.15, 0.2) is 16.4 Å². The van der Waals surface area contributed by atoms with Crippen LogP contribution in [0.3, 0.4) is 0 Å². The maximum atomic E-state index is 12.3. The number of methoxy groups -OCH3 is 1. The van der Waals surface area contributed by atoms with Crippen LogP contribution in [0.25, 0.3) is 0 Å². The number of nitrogens with zero attached hydrogens (tertiary/aromatic N) is 2. The van der Waals surface area contributed by atoms with Gasteiger partial charge in [0, 0.05) is 38.3 Å². The highest BCUT2D eigenvalue weighted by atomic mass is 32.2. The Kier molecular flexibility index (Phi) is 6.09. The Hall–Kier alpha value is -2.33. The fourth-order valence-electron chi connectivity index (χ4n) is 3.51. The number of aromatic hydroxyl groups is 1. The molecule has 154 valence electrons. The summed E-state index contributed by atoms with van der Waals surface area (Å²) in [6.45, 7) is 1.70. The van der Waals surface area contributed by atoms with Gasteiger partial charge in [-0.15, -0.1) is 0 Å². The Morgan fingerprint density at radius 2 is 1.93 bits per heavy atom. The first-order chi connectivity index (χ1) is 13.3. The second-order valence-electron chi connectivity index (χ2n) is 6.93. The van der Waals surface area contributed by atoms with Crippen molar-refractivity contribution in [2.45, 2.75) is 12.5 Å². The maximum Gasteiger partial charge on any atom is 0.342 e. The van der Waals surface area contributed by atoms with E-state index in [-0.39, 0.29) is 34.8 Å². The van der Waals surface area contributed by atoms with Crippen molar-refractivity contribution in [1.82, 2.24) is 9.80 Å². The van der Waals surface area contributed by atoms with E-state index in [0.29, 0.717) is 38.3 Å². The molecule has 2 fully saturated rings. The summed E-state index contributed by atoms with van der Waals surface area (Å²) in [5.41, 5.74) is -0.0409. The Bertz CT molecular complexity index is 847. The zero-order chi connectivity index (χ0) is 20.3. The molecule has 2 heterocycles. The number of piperazine rings is 1. The number of esters is 1.